The van der Waals surface area contributed by atoms with E-state index in [0.717, 1.165) is 25.3 Å². The molecule has 0 atom stereocenters. The summed E-state index contributed by atoms with van der Waals surface area (Å²) in [6.45, 7) is 2.56. The van der Waals surface area contributed by atoms with Gasteiger partial charge in [0.2, 0.25) is 10.0 Å². The molecule has 0 saturated heterocycles. The summed E-state index contributed by atoms with van der Waals surface area (Å²) < 4.78 is 40.0. The van der Waals surface area contributed by atoms with Gasteiger partial charge in [-0.15, -0.1) is 0 Å². The molecule has 1 saturated carbocycles. The summed E-state index contributed by atoms with van der Waals surface area (Å²) >= 11 is 0. The Balaban J connectivity index is 2.10. The highest BCUT2D eigenvalue weighted by atomic mass is 32.2. The molecule has 19 heavy (non-hydrogen) atoms. The molecule has 0 aromatic heterocycles. The van der Waals surface area contributed by atoms with Crippen molar-refractivity contribution in [2.75, 3.05) is 13.1 Å². The molecule has 1 aromatic carbocycles. The minimum Gasteiger partial charge on any atom is -0.330 e. The van der Waals surface area contributed by atoms with Crippen LogP contribution in [0.2, 0.25) is 0 Å². The summed E-state index contributed by atoms with van der Waals surface area (Å²) in [5.41, 5.74) is 5.98. The van der Waals surface area contributed by atoms with Crippen LogP contribution in [-0.4, -0.2) is 21.5 Å². The van der Waals surface area contributed by atoms with E-state index in [9.17, 15) is 12.8 Å². The van der Waals surface area contributed by atoms with E-state index < -0.39 is 15.8 Å². The molecule has 0 amide bonds. The van der Waals surface area contributed by atoms with Gasteiger partial charge < -0.3 is 5.73 Å². The van der Waals surface area contributed by atoms with Gasteiger partial charge in [0.15, 0.2) is 0 Å². The van der Waals surface area contributed by atoms with Gasteiger partial charge in [0.05, 0.1) is 4.90 Å². The summed E-state index contributed by atoms with van der Waals surface area (Å²) in [4.78, 5) is 0.137. The zero-order valence-corrected chi connectivity index (χ0v) is 11.8. The van der Waals surface area contributed by atoms with E-state index >= 15 is 0 Å². The van der Waals surface area contributed by atoms with E-state index in [2.05, 4.69) is 4.72 Å². The van der Waals surface area contributed by atoms with Gasteiger partial charge in [0.25, 0.3) is 0 Å². The van der Waals surface area contributed by atoms with Gasteiger partial charge in [-0.25, -0.2) is 17.5 Å². The second-order valence-corrected chi connectivity index (χ2v) is 7.01. The molecule has 0 heterocycles. The van der Waals surface area contributed by atoms with E-state index in [4.69, 9.17) is 5.73 Å². The summed E-state index contributed by atoms with van der Waals surface area (Å²) in [7, 11) is -3.58. The lowest BCUT2D eigenvalue weighted by Crippen LogP contribution is -2.31. The fraction of sp³-hybridized carbons (Fsp3) is 0.538. The van der Waals surface area contributed by atoms with Crippen molar-refractivity contribution in [1.29, 1.82) is 0 Å². The Morgan fingerprint density at radius 3 is 2.63 bits per heavy atom. The van der Waals surface area contributed by atoms with Gasteiger partial charge in [0, 0.05) is 6.54 Å². The first kappa shape index (κ1) is 14.4. The number of sulfonamides is 1. The Labute approximate surface area is 113 Å². The average molecular weight is 286 g/mol. The zero-order valence-electron chi connectivity index (χ0n) is 10.9. The van der Waals surface area contributed by atoms with Crippen LogP contribution >= 0.6 is 0 Å². The number of benzene rings is 1. The molecular weight excluding hydrogens is 267 g/mol. The van der Waals surface area contributed by atoms with E-state index in [1.807, 2.05) is 0 Å². The molecule has 0 aliphatic heterocycles. The van der Waals surface area contributed by atoms with Crippen molar-refractivity contribution < 1.29 is 12.8 Å². The van der Waals surface area contributed by atoms with Crippen molar-refractivity contribution >= 4 is 10.0 Å². The molecule has 1 fully saturated rings. The van der Waals surface area contributed by atoms with Gasteiger partial charge in [-0.1, -0.05) is 0 Å². The summed E-state index contributed by atoms with van der Waals surface area (Å²) in [5, 5.41) is 0. The molecule has 106 valence electrons. The Hall–Kier alpha value is -0.980. The van der Waals surface area contributed by atoms with Crippen molar-refractivity contribution in [3.05, 3.63) is 29.6 Å². The van der Waals surface area contributed by atoms with Gasteiger partial charge in [-0.05, 0) is 61.9 Å². The number of nitrogens with one attached hydrogen (secondary N) is 1. The molecule has 0 unspecified atom stereocenters. The highest BCUT2D eigenvalue weighted by Crippen LogP contribution is 2.47. The summed E-state index contributed by atoms with van der Waals surface area (Å²) in [5.74, 6) is -0.432. The molecular formula is C13H19FN2O2S. The quantitative estimate of drug-likeness (QED) is 0.833. The monoisotopic (exact) mass is 286 g/mol. The third kappa shape index (κ3) is 3.32. The smallest absolute Gasteiger partial charge is 0.240 e. The average Bonchev–Trinajstić information content (AvgIpc) is 3.07. The van der Waals surface area contributed by atoms with Gasteiger partial charge in [0.1, 0.15) is 5.82 Å². The van der Waals surface area contributed by atoms with Crippen LogP contribution in [0.25, 0.3) is 0 Å². The number of halogens is 1. The number of nitrogens with two attached hydrogens (primary N) is 1. The second-order valence-electron chi connectivity index (χ2n) is 5.27. The predicted octanol–water partition coefficient (Wildman–Crippen LogP) is 1.54. The Morgan fingerprint density at radius 2 is 2.11 bits per heavy atom. The Bertz CT molecular complexity index is 568. The normalized spacial score (nSPS) is 17.4. The molecule has 3 N–H and O–H groups in total. The van der Waals surface area contributed by atoms with E-state index in [0.29, 0.717) is 18.7 Å². The van der Waals surface area contributed by atoms with Crippen molar-refractivity contribution in [2.24, 2.45) is 11.1 Å². The van der Waals surface area contributed by atoms with Crippen molar-refractivity contribution in [2.45, 2.75) is 31.1 Å². The minimum atomic E-state index is -3.58. The van der Waals surface area contributed by atoms with Crippen molar-refractivity contribution in [3.63, 3.8) is 0 Å². The second kappa shape index (κ2) is 5.19. The molecule has 0 bridgehead atoms. The Morgan fingerprint density at radius 1 is 1.42 bits per heavy atom. The lowest BCUT2D eigenvalue weighted by Gasteiger charge is -2.16. The number of aryl methyl sites for hydroxylation is 1. The van der Waals surface area contributed by atoms with E-state index in [1.54, 1.807) is 6.92 Å². The maximum absolute atomic E-state index is 13.0. The van der Waals surface area contributed by atoms with Crippen LogP contribution in [-0.2, 0) is 10.0 Å². The van der Waals surface area contributed by atoms with E-state index in [-0.39, 0.29) is 10.3 Å². The van der Waals surface area contributed by atoms with Gasteiger partial charge in [-0.2, -0.15) is 0 Å². The SMILES string of the molecule is Cc1cc(F)ccc1S(=O)(=O)NCC1(CCN)CC1. The predicted molar refractivity (Wildman–Crippen MR) is 71.7 cm³/mol. The van der Waals surface area contributed by atoms with E-state index in [1.165, 1.54) is 12.1 Å². The third-order valence-electron chi connectivity index (χ3n) is 3.70. The lowest BCUT2D eigenvalue weighted by molar-refractivity contribution is 0.461. The molecule has 4 nitrogen and oxygen atoms in total. The van der Waals surface area contributed by atoms with Crippen LogP contribution < -0.4 is 10.5 Å². The molecule has 0 spiro atoms. The standard InChI is InChI=1S/C13H19FN2O2S/c1-10-8-11(14)2-3-12(10)19(17,18)16-9-13(4-5-13)6-7-15/h2-3,8,16H,4-7,9,15H2,1H3. The first-order valence-electron chi connectivity index (χ1n) is 6.34. The van der Waals surface area contributed by atoms with Crippen molar-refractivity contribution in [3.8, 4) is 0 Å². The van der Waals surface area contributed by atoms with Crippen LogP contribution in [0, 0.1) is 18.2 Å². The number of hydrogen-bond acceptors (Lipinski definition) is 3. The maximum Gasteiger partial charge on any atom is 0.240 e. The minimum absolute atomic E-state index is 0.0375. The van der Waals surface area contributed by atoms with Gasteiger partial charge >= 0.3 is 0 Å². The summed E-state index contributed by atoms with van der Waals surface area (Å²) in [6.07, 6.45) is 2.85. The maximum atomic E-state index is 13.0. The molecule has 1 aromatic rings. The first-order valence-corrected chi connectivity index (χ1v) is 7.83. The highest BCUT2D eigenvalue weighted by molar-refractivity contribution is 7.89. The molecule has 6 heteroatoms. The van der Waals surface area contributed by atoms with Crippen LogP contribution in [0.1, 0.15) is 24.8 Å². The van der Waals surface area contributed by atoms with Crippen LogP contribution in [0.3, 0.4) is 0 Å². The van der Waals surface area contributed by atoms with Crippen LogP contribution in [0.15, 0.2) is 23.1 Å². The lowest BCUT2D eigenvalue weighted by atomic mass is 10.0. The molecule has 1 aliphatic rings. The topological polar surface area (TPSA) is 72.2 Å². The Kier molecular flexibility index (Phi) is 3.94. The molecule has 0 radical (unpaired) electrons. The molecule has 2 rings (SSSR count). The third-order valence-corrected chi connectivity index (χ3v) is 5.26. The first-order chi connectivity index (χ1) is 8.88. The zero-order chi connectivity index (χ0) is 14.1. The largest absolute Gasteiger partial charge is 0.330 e. The number of rotatable bonds is 6. The summed E-state index contributed by atoms with van der Waals surface area (Å²) in [6, 6.07) is 3.69. The molecule has 1 aliphatic carbocycles. The van der Waals surface area contributed by atoms with Crippen LogP contribution in [0.4, 0.5) is 4.39 Å². The highest BCUT2D eigenvalue weighted by Gasteiger charge is 2.42. The fourth-order valence-corrected chi connectivity index (χ4v) is 3.62. The van der Waals surface area contributed by atoms with Gasteiger partial charge in [-0.3, -0.25) is 0 Å². The number of hydrogen-bond donors (Lipinski definition) is 2. The van der Waals surface area contributed by atoms with Crippen molar-refractivity contribution in [1.82, 2.24) is 4.72 Å². The van der Waals surface area contributed by atoms with Crippen LogP contribution in [0.5, 0.6) is 0 Å². The fourth-order valence-electron chi connectivity index (χ4n) is 2.24.